The number of carbonyl (C=O) groups excluding carboxylic acids is 1. The highest BCUT2D eigenvalue weighted by Gasteiger charge is 2.27. The van der Waals surface area contributed by atoms with Gasteiger partial charge in [-0.15, -0.1) is 0 Å². The van der Waals surface area contributed by atoms with Crippen molar-refractivity contribution in [2.75, 3.05) is 12.0 Å². The van der Waals surface area contributed by atoms with Crippen molar-refractivity contribution in [1.29, 1.82) is 0 Å². The third-order valence-electron chi connectivity index (χ3n) is 3.39. The van der Waals surface area contributed by atoms with E-state index >= 15 is 0 Å². The van der Waals surface area contributed by atoms with E-state index in [2.05, 4.69) is 0 Å². The van der Waals surface area contributed by atoms with Gasteiger partial charge in [0, 0.05) is 18.3 Å². The van der Waals surface area contributed by atoms with Gasteiger partial charge >= 0.3 is 0 Å². The van der Waals surface area contributed by atoms with Gasteiger partial charge in [0.1, 0.15) is 11.5 Å². The van der Waals surface area contributed by atoms with Gasteiger partial charge < -0.3 is 14.1 Å². The fourth-order valence-corrected chi connectivity index (χ4v) is 2.36. The van der Waals surface area contributed by atoms with Crippen LogP contribution in [0.25, 0.3) is 0 Å². The van der Waals surface area contributed by atoms with Crippen LogP contribution in [-0.4, -0.2) is 12.9 Å². The van der Waals surface area contributed by atoms with Crippen LogP contribution in [0.15, 0.2) is 59.4 Å². The first kappa shape index (κ1) is 12.5. The average Bonchev–Trinajstić information content (AvgIpc) is 3.01. The smallest absolute Gasteiger partial charge is 0.159 e. The van der Waals surface area contributed by atoms with Crippen molar-refractivity contribution in [2.24, 2.45) is 0 Å². The number of allylic oxidation sites excluding steroid dienone is 1. The normalized spacial score (nSPS) is 18.4. The second kappa shape index (κ2) is 5.25. The topological polar surface area (TPSA) is 42.7 Å². The SMILES string of the molecule is COc1ccc(N2C=CC(=O)CC2c2ccco2)cc1. The number of ketones is 1. The molecule has 0 saturated heterocycles. The van der Waals surface area contributed by atoms with E-state index in [1.54, 1.807) is 25.6 Å². The summed E-state index contributed by atoms with van der Waals surface area (Å²) in [6.07, 6.45) is 5.45. The highest BCUT2D eigenvalue weighted by molar-refractivity contribution is 5.92. The van der Waals surface area contributed by atoms with Crippen LogP contribution in [0.3, 0.4) is 0 Å². The Morgan fingerprint density at radius 3 is 2.70 bits per heavy atom. The molecule has 0 bridgehead atoms. The maximum absolute atomic E-state index is 11.7. The molecule has 2 aromatic rings. The largest absolute Gasteiger partial charge is 0.497 e. The van der Waals surface area contributed by atoms with Crippen molar-refractivity contribution >= 4 is 11.5 Å². The Labute approximate surface area is 117 Å². The maximum Gasteiger partial charge on any atom is 0.159 e. The van der Waals surface area contributed by atoms with E-state index in [-0.39, 0.29) is 11.8 Å². The summed E-state index contributed by atoms with van der Waals surface area (Å²) in [5.74, 6) is 1.70. The van der Waals surface area contributed by atoms with Crippen molar-refractivity contribution in [2.45, 2.75) is 12.5 Å². The molecule has 4 nitrogen and oxygen atoms in total. The van der Waals surface area contributed by atoms with Crippen LogP contribution in [0.4, 0.5) is 5.69 Å². The summed E-state index contributed by atoms with van der Waals surface area (Å²) in [6, 6.07) is 11.4. The van der Waals surface area contributed by atoms with Crippen molar-refractivity contribution in [3.63, 3.8) is 0 Å². The second-order valence-electron chi connectivity index (χ2n) is 4.62. The molecular weight excluding hydrogens is 254 g/mol. The van der Waals surface area contributed by atoms with Gasteiger partial charge in [-0.1, -0.05) is 0 Å². The number of methoxy groups -OCH3 is 1. The first-order valence-corrected chi connectivity index (χ1v) is 6.45. The summed E-state index contributed by atoms with van der Waals surface area (Å²) in [6.45, 7) is 0. The quantitative estimate of drug-likeness (QED) is 0.857. The summed E-state index contributed by atoms with van der Waals surface area (Å²) in [4.78, 5) is 13.7. The zero-order valence-corrected chi connectivity index (χ0v) is 11.2. The predicted octanol–water partition coefficient (Wildman–Crippen LogP) is 3.32. The van der Waals surface area contributed by atoms with Gasteiger partial charge in [0.25, 0.3) is 0 Å². The van der Waals surface area contributed by atoms with Crippen LogP contribution >= 0.6 is 0 Å². The van der Waals surface area contributed by atoms with Gasteiger partial charge in [0.2, 0.25) is 0 Å². The number of rotatable bonds is 3. The standard InChI is InChI=1S/C16H15NO3/c1-19-14-6-4-12(5-7-14)17-9-8-13(18)11-15(17)16-3-2-10-20-16/h2-10,15H,11H2,1H3. The third kappa shape index (κ3) is 2.32. The lowest BCUT2D eigenvalue weighted by molar-refractivity contribution is -0.115. The van der Waals surface area contributed by atoms with Gasteiger partial charge in [-0.05, 0) is 42.5 Å². The van der Waals surface area contributed by atoms with Crippen LogP contribution in [0, 0.1) is 0 Å². The van der Waals surface area contributed by atoms with E-state index in [9.17, 15) is 4.79 Å². The van der Waals surface area contributed by atoms with E-state index in [1.165, 1.54) is 0 Å². The highest BCUT2D eigenvalue weighted by Crippen LogP contribution is 2.34. The van der Waals surface area contributed by atoms with Gasteiger partial charge in [-0.3, -0.25) is 4.79 Å². The summed E-state index contributed by atoms with van der Waals surface area (Å²) in [7, 11) is 1.64. The van der Waals surface area contributed by atoms with Crippen molar-refractivity contribution in [3.8, 4) is 5.75 Å². The molecule has 20 heavy (non-hydrogen) atoms. The maximum atomic E-state index is 11.7. The predicted molar refractivity (Wildman–Crippen MR) is 75.7 cm³/mol. The van der Waals surface area contributed by atoms with Gasteiger partial charge in [-0.25, -0.2) is 0 Å². The van der Waals surface area contributed by atoms with E-state index in [4.69, 9.17) is 9.15 Å². The lowest BCUT2D eigenvalue weighted by Gasteiger charge is -2.31. The minimum atomic E-state index is -0.101. The molecule has 1 atom stereocenters. The summed E-state index contributed by atoms with van der Waals surface area (Å²) < 4.78 is 10.6. The lowest BCUT2D eigenvalue weighted by Crippen LogP contribution is -2.28. The van der Waals surface area contributed by atoms with Crippen molar-refractivity contribution in [1.82, 2.24) is 0 Å². The van der Waals surface area contributed by atoms with Gasteiger partial charge in [0.05, 0.1) is 19.4 Å². The lowest BCUT2D eigenvalue weighted by atomic mass is 10.0. The average molecular weight is 269 g/mol. The van der Waals surface area contributed by atoms with E-state index in [0.29, 0.717) is 6.42 Å². The van der Waals surface area contributed by atoms with E-state index < -0.39 is 0 Å². The summed E-state index contributed by atoms with van der Waals surface area (Å²) >= 11 is 0. The molecule has 3 rings (SSSR count). The fourth-order valence-electron chi connectivity index (χ4n) is 2.36. The zero-order chi connectivity index (χ0) is 13.9. The third-order valence-corrected chi connectivity index (χ3v) is 3.39. The zero-order valence-electron chi connectivity index (χ0n) is 11.2. The molecule has 1 aromatic carbocycles. The van der Waals surface area contributed by atoms with Gasteiger partial charge in [-0.2, -0.15) is 0 Å². The molecular formula is C16H15NO3. The molecule has 4 heteroatoms. The summed E-state index contributed by atoms with van der Waals surface area (Å²) in [5, 5.41) is 0. The molecule has 2 heterocycles. The first-order valence-electron chi connectivity index (χ1n) is 6.45. The van der Waals surface area contributed by atoms with Crippen LogP contribution < -0.4 is 9.64 Å². The first-order chi connectivity index (χ1) is 9.78. The molecule has 0 N–H and O–H groups in total. The Balaban J connectivity index is 1.95. The second-order valence-corrected chi connectivity index (χ2v) is 4.62. The fraction of sp³-hybridized carbons (Fsp3) is 0.188. The molecule has 1 aliphatic heterocycles. The summed E-state index contributed by atoms with van der Waals surface area (Å²) in [5.41, 5.74) is 0.996. The number of ether oxygens (including phenoxy) is 1. The minimum absolute atomic E-state index is 0.101. The number of hydrogen-bond acceptors (Lipinski definition) is 4. The number of furan rings is 1. The van der Waals surface area contributed by atoms with Crippen molar-refractivity contribution in [3.05, 3.63) is 60.7 Å². The Morgan fingerprint density at radius 1 is 1.25 bits per heavy atom. The molecule has 1 aliphatic rings. The molecule has 0 saturated carbocycles. The number of carbonyl (C=O) groups is 1. The highest BCUT2D eigenvalue weighted by atomic mass is 16.5. The van der Waals surface area contributed by atoms with Crippen LogP contribution in [0.1, 0.15) is 18.2 Å². The van der Waals surface area contributed by atoms with E-state index in [1.807, 2.05) is 41.3 Å². The number of nitrogens with zero attached hydrogens (tertiary/aromatic N) is 1. The molecule has 102 valence electrons. The van der Waals surface area contributed by atoms with E-state index in [0.717, 1.165) is 17.2 Å². The van der Waals surface area contributed by atoms with Gasteiger partial charge in [0.15, 0.2) is 5.78 Å². The number of hydrogen-bond donors (Lipinski definition) is 0. The van der Waals surface area contributed by atoms with Crippen LogP contribution in [0.5, 0.6) is 5.75 Å². The molecule has 0 aliphatic carbocycles. The molecule has 1 aromatic heterocycles. The Morgan fingerprint density at radius 2 is 2.05 bits per heavy atom. The Hall–Kier alpha value is -2.49. The van der Waals surface area contributed by atoms with Crippen LogP contribution in [0.2, 0.25) is 0 Å². The molecule has 0 fully saturated rings. The number of benzene rings is 1. The molecule has 0 radical (unpaired) electrons. The Kier molecular flexibility index (Phi) is 3.29. The van der Waals surface area contributed by atoms with Crippen LogP contribution in [-0.2, 0) is 4.79 Å². The molecule has 0 amide bonds. The molecule has 0 spiro atoms. The Bertz CT molecular complexity index is 614. The van der Waals surface area contributed by atoms with Crippen molar-refractivity contribution < 1.29 is 13.9 Å². The monoisotopic (exact) mass is 269 g/mol. The number of anilines is 1. The minimum Gasteiger partial charge on any atom is -0.497 e. The molecule has 1 unspecified atom stereocenters.